The standard InChI is InChI=1S/C21H24Cl2N2O3/c1-28-19-8-9-24-13-15(19)21(27)18-5-3-2-4-10-25(18)20(26)12-14-6-7-16(22)17(23)11-14/h6-9,11,13,18,21,27H,2-5,10,12H2,1H3/t18?,21-/m1/s1. The highest BCUT2D eigenvalue weighted by Gasteiger charge is 2.33. The van der Waals surface area contributed by atoms with Gasteiger partial charge in [-0.05, 0) is 36.6 Å². The molecule has 1 fully saturated rings. The van der Waals surface area contributed by atoms with Crippen LogP contribution in [0.3, 0.4) is 0 Å². The third kappa shape index (κ3) is 4.77. The van der Waals surface area contributed by atoms with Gasteiger partial charge in [-0.25, -0.2) is 0 Å². The Morgan fingerprint density at radius 1 is 1.29 bits per heavy atom. The van der Waals surface area contributed by atoms with Crippen LogP contribution in [0.1, 0.15) is 42.9 Å². The van der Waals surface area contributed by atoms with E-state index in [1.807, 2.05) is 0 Å². The second-order valence-electron chi connectivity index (χ2n) is 6.99. The third-order valence-electron chi connectivity index (χ3n) is 5.17. The summed E-state index contributed by atoms with van der Waals surface area (Å²) >= 11 is 12.1. The van der Waals surface area contributed by atoms with Crippen molar-refractivity contribution in [2.45, 2.75) is 44.2 Å². The molecule has 2 aromatic rings. The molecule has 5 nitrogen and oxygen atoms in total. The van der Waals surface area contributed by atoms with Crippen molar-refractivity contribution in [1.82, 2.24) is 9.88 Å². The Morgan fingerprint density at radius 2 is 2.11 bits per heavy atom. The largest absolute Gasteiger partial charge is 0.496 e. The highest BCUT2D eigenvalue weighted by molar-refractivity contribution is 6.42. The van der Waals surface area contributed by atoms with Gasteiger partial charge < -0.3 is 14.7 Å². The van der Waals surface area contributed by atoms with Gasteiger partial charge in [0.2, 0.25) is 5.91 Å². The molecule has 7 heteroatoms. The topological polar surface area (TPSA) is 62.7 Å². The molecule has 0 aliphatic carbocycles. The zero-order chi connectivity index (χ0) is 20.1. The fraction of sp³-hybridized carbons (Fsp3) is 0.429. The quantitative estimate of drug-likeness (QED) is 0.772. The molecule has 0 radical (unpaired) electrons. The second-order valence-corrected chi connectivity index (χ2v) is 7.81. The number of halogens is 2. The summed E-state index contributed by atoms with van der Waals surface area (Å²) in [5.74, 6) is 0.538. The van der Waals surface area contributed by atoms with E-state index in [1.165, 1.54) is 0 Å². The average molecular weight is 423 g/mol. The van der Waals surface area contributed by atoms with E-state index < -0.39 is 6.10 Å². The molecule has 1 saturated heterocycles. The summed E-state index contributed by atoms with van der Waals surface area (Å²) in [6, 6.07) is 6.61. The maximum atomic E-state index is 13.1. The number of nitrogens with zero attached hydrogens (tertiary/aromatic N) is 2. The van der Waals surface area contributed by atoms with Crippen molar-refractivity contribution in [2.75, 3.05) is 13.7 Å². The lowest BCUT2D eigenvalue weighted by atomic mass is 9.97. The van der Waals surface area contributed by atoms with E-state index in [0.717, 1.165) is 31.2 Å². The van der Waals surface area contributed by atoms with E-state index in [1.54, 1.807) is 48.7 Å². The first-order valence-electron chi connectivity index (χ1n) is 9.40. The number of hydrogen-bond donors (Lipinski definition) is 1. The van der Waals surface area contributed by atoms with Crippen molar-refractivity contribution in [1.29, 1.82) is 0 Å². The number of benzene rings is 1. The van der Waals surface area contributed by atoms with Crippen LogP contribution >= 0.6 is 23.2 Å². The van der Waals surface area contributed by atoms with Crippen LogP contribution in [0.15, 0.2) is 36.7 Å². The summed E-state index contributed by atoms with van der Waals surface area (Å²) < 4.78 is 5.37. The maximum absolute atomic E-state index is 13.1. The Bertz CT molecular complexity index is 831. The van der Waals surface area contributed by atoms with Crippen LogP contribution in [0, 0.1) is 0 Å². The van der Waals surface area contributed by atoms with Crippen LogP contribution < -0.4 is 4.74 Å². The number of hydrogen-bond acceptors (Lipinski definition) is 4. The second kappa shape index (κ2) is 9.59. The van der Waals surface area contributed by atoms with Gasteiger partial charge in [-0.3, -0.25) is 9.78 Å². The Labute approximate surface area is 175 Å². The van der Waals surface area contributed by atoms with Crippen molar-refractivity contribution < 1.29 is 14.6 Å². The predicted octanol–water partition coefficient (Wildman–Crippen LogP) is 4.44. The Balaban J connectivity index is 1.83. The number of rotatable bonds is 5. The summed E-state index contributed by atoms with van der Waals surface area (Å²) in [6.45, 7) is 0.616. The van der Waals surface area contributed by atoms with Crippen LogP contribution in [-0.4, -0.2) is 40.6 Å². The number of ether oxygens (including phenoxy) is 1. The maximum Gasteiger partial charge on any atom is 0.227 e. The molecule has 2 heterocycles. The number of methoxy groups -OCH3 is 1. The number of aliphatic hydroxyl groups is 1. The first-order valence-corrected chi connectivity index (χ1v) is 10.2. The van der Waals surface area contributed by atoms with E-state index in [-0.39, 0.29) is 18.4 Å². The van der Waals surface area contributed by atoms with E-state index >= 15 is 0 Å². The van der Waals surface area contributed by atoms with Gasteiger partial charge in [-0.1, -0.05) is 42.1 Å². The van der Waals surface area contributed by atoms with E-state index in [9.17, 15) is 9.90 Å². The summed E-state index contributed by atoms with van der Waals surface area (Å²) in [7, 11) is 1.56. The summed E-state index contributed by atoms with van der Waals surface area (Å²) in [5.41, 5.74) is 1.40. The van der Waals surface area contributed by atoms with Crippen LogP contribution in [0.2, 0.25) is 10.0 Å². The van der Waals surface area contributed by atoms with Crippen LogP contribution in [-0.2, 0) is 11.2 Å². The molecule has 1 aliphatic heterocycles. The van der Waals surface area contributed by atoms with Gasteiger partial charge in [0.15, 0.2) is 0 Å². The molecular weight excluding hydrogens is 399 g/mol. The minimum Gasteiger partial charge on any atom is -0.496 e. The van der Waals surface area contributed by atoms with Gasteiger partial charge in [-0.2, -0.15) is 0 Å². The molecule has 0 saturated carbocycles. The molecule has 1 amide bonds. The average Bonchev–Trinajstić information content (AvgIpc) is 2.96. The first kappa shape index (κ1) is 20.9. The Hall–Kier alpha value is -1.82. The number of likely N-dealkylation sites (tertiary alicyclic amines) is 1. The third-order valence-corrected chi connectivity index (χ3v) is 5.91. The van der Waals surface area contributed by atoms with Crippen LogP contribution in [0.4, 0.5) is 0 Å². The van der Waals surface area contributed by atoms with Gasteiger partial charge >= 0.3 is 0 Å². The molecule has 150 valence electrons. The Morgan fingerprint density at radius 3 is 2.86 bits per heavy atom. The molecule has 1 aromatic heterocycles. The fourth-order valence-electron chi connectivity index (χ4n) is 3.71. The molecule has 1 aromatic carbocycles. The zero-order valence-corrected chi connectivity index (χ0v) is 17.3. The molecule has 1 aliphatic rings. The monoisotopic (exact) mass is 422 g/mol. The van der Waals surface area contributed by atoms with Gasteiger partial charge in [0, 0.05) is 24.5 Å². The summed E-state index contributed by atoms with van der Waals surface area (Å²) in [4.78, 5) is 19.0. The number of aliphatic hydroxyl groups excluding tert-OH is 1. The van der Waals surface area contributed by atoms with Gasteiger partial charge in [-0.15, -0.1) is 0 Å². The van der Waals surface area contributed by atoms with Crippen LogP contribution in [0.5, 0.6) is 5.75 Å². The number of carbonyl (C=O) groups is 1. The molecule has 0 spiro atoms. The molecule has 3 rings (SSSR count). The number of pyridine rings is 1. The van der Waals surface area contributed by atoms with E-state index in [2.05, 4.69) is 4.98 Å². The fourth-order valence-corrected chi connectivity index (χ4v) is 4.03. The van der Waals surface area contributed by atoms with Crippen molar-refractivity contribution in [2.24, 2.45) is 0 Å². The first-order chi connectivity index (χ1) is 13.5. The lowest BCUT2D eigenvalue weighted by Gasteiger charge is -2.34. The van der Waals surface area contributed by atoms with Crippen molar-refractivity contribution in [3.63, 3.8) is 0 Å². The van der Waals surface area contributed by atoms with Gasteiger partial charge in [0.1, 0.15) is 11.9 Å². The molecular formula is C21H24Cl2N2O3. The minimum atomic E-state index is -0.862. The van der Waals surface area contributed by atoms with E-state index in [4.69, 9.17) is 27.9 Å². The lowest BCUT2D eigenvalue weighted by Crippen LogP contribution is -2.44. The van der Waals surface area contributed by atoms with E-state index in [0.29, 0.717) is 27.9 Å². The highest BCUT2D eigenvalue weighted by atomic mass is 35.5. The smallest absolute Gasteiger partial charge is 0.227 e. The van der Waals surface area contributed by atoms with Gasteiger partial charge in [0.25, 0.3) is 0 Å². The molecule has 28 heavy (non-hydrogen) atoms. The van der Waals surface area contributed by atoms with Crippen LogP contribution in [0.25, 0.3) is 0 Å². The molecule has 1 unspecified atom stereocenters. The molecule has 2 atom stereocenters. The summed E-state index contributed by atoms with van der Waals surface area (Å²) in [5, 5.41) is 12.0. The SMILES string of the molecule is COc1ccncc1[C@@H](O)C1CCCCCN1C(=O)Cc1ccc(Cl)c(Cl)c1. The van der Waals surface area contributed by atoms with Crippen molar-refractivity contribution in [3.8, 4) is 5.75 Å². The zero-order valence-electron chi connectivity index (χ0n) is 15.8. The lowest BCUT2D eigenvalue weighted by molar-refractivity contribution is -0.135. The summed E-state index contributed by atoms with van der Waals surface area (Å²) in [6.07, 6.45) is 6.22. The number of carbonyl (C=O) groups excluding carboxylic acids is 1. The Kier molecular flexibility index (Phi) is 7.16. The predicted molar refractivity (Wildman–Crippen MR) is 110 cm³/mol. The molecule has 1 N–H and O–H groups in total. The normalized spacial score (nSPS) is 18.4. The van der Waals surface area contributed by atoms with Crippen molar-refractivity contribution >= 4 is 29.1 Å². The van der Waals surface area contributed by atoms with Crippen molar-refractivity contribution in [3.05, 3.63) is 57.8 Å². The minimum absolute atomic E-state index is 0.0350. The number of aromatic nitrogens is 1. The number of amides is 1. The van der Waals surface area contributed by atoms with Gasteiger partial charge in [0.05, 0.1) is 29.6 Å². The highest BCUT2D eigenvalue weighted by Crippen LogP contribution is 2.33. The molecule has 0 bridgehead atoms.